The molecule has 1 N–H and O–H groups in total. The summed E-state index contributed by atoms with van der Waals surface area (Å²) in [5.41, 5.74) is 2.74. The predicted molar refractivity (Wildman–Crippen MR) is 108 cm³/mol. The summed E-state index contributed by atoms with van der Waals surface area (Å²) in [6, 6.07) is 19.3. The van der Waals surface area contributed by atoms with E-state index >= 15 is 0 Å². The van der Waals surface area contributed by atoms with Gasteiger partial charge >= 0.3 is 6.03 Å². The number of aromatic nitrogens is 2. The molecular formula is C22H22N4O2. The summed E-state index contributed by atoms with van der Waals surface area (Å²) < 4.78 is 7.68. The first-order valence-electron chi connectivity index (χ1n) is 9.20. The van der Waals surface area contributed by atoms with Crippen molar-refractivity contribution in [3.8, 4) is 5.69 Å². The number of para-hydroxylation sites is 2. The van der Waals surface area contributed by atoms with Crippen molar-refractivity contribution < 1.29 is 9.21 Å². The SMILES string of the molecule is CC(c1cc2ccccc2o1)N(C)C(=O)NCc1cnn(-c2ccccc2)c1. The normalized spacial score (nSPS) is 12.1. The molecule has 4 aromatic rings. The topological polar surface area (TPSA) is 63.3 Å². The Bertz CT molecular complexity index is 1050. The van der Waals surface area contributed by atoms with E-state index in [0.29, 0.717) is 6.54 Å². The maximum atomic E-state index is 12.6. The van der Waals surface area contributed by atoms with Gasteiger partial charge in [0.2, 0.25) is 0 Å². The minimum atomic E-state index is -0.181. The minimum absolute atomic E-state index is 0.166. The zero-order valence-electron chi connectivity index (χ0n) is 15.9. The molecule has 0 aliphatic carbocycles. The van der Waals surface area contributed by atoms with Crippen LogP contribution in [-0.2, 0) is 6.54 Å². The van der Waals surface area contributed by atoms with Crippen molar-refractivity contribution >= 4 is 17.0 Å². The van der Waals surface area contributed by atoms with Gasteiger partial charge in [0.1, 0.15) is 11.3 Å². The van der Waals surface area contributed by atoms with Crippen LogP contribution in [0, 0.1) is 0 Å². The maximum Gasteiger partial charge on any atom is 0.318 e. The third-order valence-corrected chi connectivity index (χ3v) is 4.86. The molecule has 0 spiro atoms. The van der Waals surface area contributed by atoms with Crippen LogP contribution in [0.5, 0.6) is 0 Å². The summed E-state index contributed by atoms with van der Waals surface area (Å²) >= 11 is 0. The molecule has 2 amide bonds. The predicted octanol–water partition coefficient (Wildman–Crippen LogP) is 4.52. The largest absolute Gasteiger partial charge is 0.459 e. The van der Waals surface area contributed by atoms with Gasteiger partial charge in [-0.15, -0.1) is 0 Å². The fraction of sp³-hybridized carbons (Fsp3) is 0.182. The highest BCUT2D eigenvalue weighted by Crippen LogP contribution is 2.26. The average Bonchev–Trinajstić information content (AvgIpc) is 3.38. The standard InChI is InChI=1S/C22H22N4O2/c1-16(21-12-18-8-6-7-11-20(18)28-21)25(2)22(27)23-13-17-14-24-26(15-17)19-9-4-3-5-10-19/h3-12,14-16H,13H2,1-2H3,(H,23,27). The maximum absolute atomic E-state index is 12.6. The zero-order valence-corrected chi connectivity index (χ0v) is 15.9. The Morgan fingerprint density at radius 3 is 2.71 bits per heavy atom. The van der Waals surface area contributed by atoms with Crippen LogP contribution < -0.4 is 5.32 Å². The van der Waals surface area contributed by atoms with E-state index in [1.807, 2.05) is 73.8 Å². The summed E-state index contributed by atoms with van der Waals surface area (Å²) in [7, 11) is 1.76. The Hall–Kier alpha value is -3.54. The van der Waals surface area contributed by atoms with Gasteiger partial charge in [0.25, 0.3) is 0 Å². The lowest BCUT2D eigenvalue weighted by atomic mass is 10.2. The zero-order chi connectivity index (χ0) is 19.5. The lowest BCUT2D eigenvalue weighted by Crippen LogP contribution is -2.38. The summed E-state index contributed by atoms with van der Waals surface area (Å²) in [6.07, 6.45) is 3.67. The molecule has 1 atom stereocenters. The molecule has 2 aromatic heterocycles. The van der Waals surface area contributed by atoms with Gasteiger partial charge in [0, 0.05) is 30.7 Å². The van der Waals surface area contributed by atoms with Crippen molar-refractivity contribution in [2.24, 2.45) is 0 Å². The Morgan fingerprint density at radius 1 is 1.18 bits per heavy atom. The molecule has 28 heavy (non-hydrogen) atoms. The van der Waals surface area contributed by atoms with E-state index in [4.69, 9.17) is 4.42 Å². The molecule has 142 valence electrons. The van der Waals surface area contributed by atoms with Gasteiger partial charge < -0.3 is 14.6 Å². The molecule has 0 aliphatic rings. The number of furan rings is 1. The van der Waals surface area contributed by atoms with E-state index < -0.39 is 0 Å². The van der Waals surface area contributed by atoms with E-state index in [1.165, 1.54) is 0 Å². The quantitative estimate of drug-likeness (QED) is 0.559. The second-order valence-electron chi connectivity index (χ2n) is 6.76. The molecule has 0 saturated heterocycles. The second-order valence-corrected chi connectivity index (χ2v) is 6.76. The van der Waals surface area contributed by atoms with E-state index in [1.54, 1.807) is 22.8 Å². The van der Waals surface area contributed by atoms with Crippen LogP contribution in [0.4, 0.5) is 4.79 Å². The third kappa shape index (κ3) is 3.62. The molecule has 0 aliphatic heterocycles. The van der Waals surface area contributed by atoms with Crippen LogP contribution in [0.15, 0.2) is 77.5 Å². The van der Waals surface area contributed by atoms with Gasteiger partial charge in [-0.3, -0.25) is 0 Å². The van der Waals surface area contributed by atoms with Gasteiger partial charge in [-0.05, 0) is 31.2 Å². The number of hydrogen-bond acceptors (Lipinski definition) is 3. The molecule has 4 rings (SSSR count). The number of rotatable bonds is 5. The summed E-state index contributed by atoms with van der Waals surface area (Å²) in [6.45, 7) is 2.35. The van der Waals surface area contributed by atoms with E-state index in [9.17, 15) is 4.79 Å². The summed E-state index contributed by atoms with van der Waals surface area (Å²) in [4.78, 5) is 14.2. The Kier molecular flexibility index (Phi) is 4.85. The third-order valence-electron chi connectivity index (χ3n) is 4.86. The first-order valence-corrected chi connectivity index (χ1v) is 9.20. The van der Waals surface area contributed by atoms with Gasteiger partial charge in [-0.1, -0.05) is 36.4 Å². The number of nitrogens with one attached hydrogen (secondary N) is 1. The van der Waals surface area contributed by atoms with Crippen molar-refractivity contribution in [2.45, 2.75) is 19.5 Å². The average molecular weight is 374 g/mol. The molecule has 2 aromatic carbocycles. The Morgan fingerprint density at radius 2 is 1.93 bits per heavy atom. The highest BCUT2D eigenvalue weighted by atomic mass is 16.3. The van der Waals surface area contributed by atoms with Crippen molar-refractivity contribution in [1.29, 1.82) is 0 Å². The first-order chi connectivity index (χ1) is 13.6. The number of hydrogen-bond donors (Lipinski definition) is 1. The fourth-order valence-electron chi connectivity index (χ4n) is 3.05. The van der Waals surface area contributed by atoms with E-state index in [-0.39, 0.29) is 12.1 Å². The first kappa shape index (κ1) is 17.9. The smallest absolute Gasteiger partial charge is 0.318 e. The number of amides is 2. The number of benzene rings is 2. The van der Waals surface area contributed by atoms with Gasteiger partial charge in [-0.25, -0.2) is 9.48 Å². The fourth-order valence-corrected chi connectivity index (χ4v) is 3.05. The Balaban J connectivity index is 1.38. The van der Waals surface area contributed by atoms with Gasteiger partial charge in [-0.2, -0.15) is 5.10 Å². The lowest BCUT2D eigenvalue weighted by molar-refractivity contribution is 0.187. The minimum Gasteiger partial charge on any atom is -0.459 e. The second kappa shape index (κ2) is 7.60. The number of urea groups is 1. The van der Waals surface area contributed by atoms with Crippen LogP contribution in [0.25, 0.3) is 16.7 Å². The lowest BCUT2D eigenvalue weighted by Gasteiger charge is -2.23. The molecule has 2 heterocycles. The number of carbonyl (C=O) groups excluding carboxylic acids is 1. The summed E-state index contributed by atoms with van der Waals surface area (Å²) in [5.74, 6) is 0.760. The monoisotopic (exact) mass is 374 g/mol. The van der Waals surface area contributed by atoms with Crippen LogP contribution in [0.1, 0.15) is 24.3 Å². The van der Waals surface area contributed by atoms with Crippen LogP contribution in [-0.4, -0.2) is 27.8 Å². The van der Waals surface area contributed by atoms with Crippen molar-refractivity contribution in [2.75, 3.05) is 7.05 Å². The molecule has 0 radical (unpaired) electrons. The summed E-state index contributed by atoms with van der Waals surface area (Å²) in [5, 5.41) is 8.33. The van der Waals surface area contributed by atoms with Gasteiger partial charge in [0.05, 0.1) is 17.9 Å². The molecule has 1 unspecified atom stereocenters. The number of fused-ring (bicyclic) bond motifs is 1. The highest BCUT2D eigenvalue weighted by molar-refractivity contribution is 5.78. The molecule has 6 nitrogen and oxygen atoms in total. The molecular weight excluding hydrogens is 352 g/mol. The highest BCUT2D eigenvalue weighted by Gasteiger charge is 2.20. The van der Waals surface area contributed by atoms with Crippen molar-refractivity contribution in [1.82, 2.24) is 20.0 Å². The Labute approximate surface area is 163 Å². The number of nitrogens with zero attached hydrogens (tertiary/aromatic N) is 3. The molecule has 0 fully saturated rings. The van der Waals surface area contributed by atoms with Crippen LogP contribution in [0.2, 0.25) is 0 Å². The van der Waals surface area contributed by atoms with Crippen LogP contribution >= 0.6 is 0 Å². The van der Waals surface area contributed by atoms with Crippen molar-refractivity contribution in [3.63, 3.8) is 0 Å². The molecule has 6 heteroatoms. The molecule has 0 bridgehead atoms. The van der Waals surface area contributed by atoms with Gasteiger partial charge in [0.15, 0.2) is 0 Å². The van der Waals surface area contributed by atoms with Crippen molar-refractivity contribution in [3.05, 3.63) is 84.4 Å². The van der Waals surface area contributed by atoms with Crippen LogP contribution in [0.3, 0.4) is 0 Å². The van der Waals surface area contributed by atoms with E-state index in [0.717, 1.165) is 28.0 Å². The number of carbonyl (C=O) groups is 1. The molecule has 0 saturated carbocycles. The van der Waals surface area contributed by atoms with E-state index in [2.05, 4.69) is 10.4 Å².